The molecule has 2 aromatic rings. The zero-order valence-corrected chi connectivity index (χ0v) is 20.3. The van der Waals surface area contributed by atoms with Crippen LogP contribution in [0.3, 0.4) is 0 Å². The fraction of sp³-hybridized carbons (Fsp3) is 0.625. The molecule has 0 radical (unpaired) electrons. The molecule has 2 aliphatic rings. The number of carboxylic acid groups (broad SMARTS) is 1. The lowest BCUT2D eigenvalue weighted by Gasteiger charge is -2.27. The average Bonchev–Trinajstić information content (AvgIpc) is 3.55. The average molecular weight is 472 g/mol. The van der Waals surface area contributed by atoms with E-state index >= 15 is 0 Å². The Morgan fingerprint density at radius 1 is 1.29 bits per heavy atom. The predicted molar refractivity (Wildman–Crippen MR) is 123 cm³/mol. The molecule has 2 aromatic heterocycles. The maximum Gasteiger partial charge on any atom is 0.410 e. The van der Waals surface area contributed by atoms with Gasteiger partial charge in [0.15, 0.2) is 0 Å². The van der Waals surface area contributed by atoms with Crippen molar-refractivity contribution in [1.29, 1.82) is 0 Å². The first-order valence-corrected chi connectivity index (χ1v) is 11.9. The van der Waals surface area contributed by atoms with Crippen molar-refractivity contribution in [3.63, 3.8) is 0 Å². The van der Waals surface area contributed by atoms with E-state index in [4.69, 9.17) is 9.47 Å². The fourth-order valence-electron chi connectivity index (χ4n) is 4.69. The molecule has 2 atom stereocenters. The first-order chi connectivity index (χ1) is 16.2. The van der Waals surface area contributed by atoms with Crippen LogP contribution in [0.2, 0.25) is 0 Å². The lowest BCUT2D eigenvalue weighted by atomic mass is 9.87. The standard InChI is InChI=1S/C24H33N5O5/c1-5-24(11-12-24)28(3)23(32)33-14-19-21(26-27-29(19)4)18-9-10-20(15(2)25-18)34-17-8-6-7-16(13-17)22(30)31/h9-10,16-17H,5-8,11-14H2,1-4H3,(H,30,31)/t16-,17-/m0/s1. The molecule has 0 aliphatic heterocycles. The van der Waals surface area contributed by atoms with Crippen molar-refractivity contribution >= 4 is 12.1 Å². The van der Waals surface area contributed by atoms with Crippen molar-refractivity contribution in [2.24, 2.45) is 13.0 Å². The molecular formula is C24H33N5O5. The third kappa shape index (κ3) is 4.85. The number of aromatic nitrogens is 4. The molecule has 1 amide bonds. The van der Waals surface area contributed by atoms with E-state index in [1.807, 2.05) is 13.0 Å². The highest BCUT2D eigenvalue weighted by Crippen LogP contribution is 2.44. The summed E-state index contributed by atoms with van der Waals surface area (Å²) < 4.78 is 13.3. The number of pyridine rings is 1. The Balaban J connectivity index is 1.44. The van der Waals surface area contributed by atoms with E-state index in [2.05, 4.69) is 22.2 Å². The van der Waals surface area contributed by atoms with Gasteiger partial charge >= 0.3 is 12.1 Å². The number of aryl methyl sites for hydroxylation is 2. The largest absolute Gasteiger partial charge is 0.489 e. The Bertz CT molecular complexity index is 1060. The van der Waals surface area contributed by atoms with Crippen LogP contribution in [-0.4, -0.2) is 60.7 Å². The lowest BCUT2D eigenvalue weighted by molar-refractivity contribution is -0.143. The number of carbonyl (C=O) groups is 2. The third-order valence-corrected chi connectivity index (χ3v) is 7.29. The number of hydrogen-bond donors (Lipinski definition) is 1. The van der Waals surface area contributed by atoms with E-state index in [1.165, 1.54) is 0 Å². The van der Waals surface area contributed by atoms with Crippen molar-refractivity contribution in [3.8, 4) is 17.1 Å². The van der Waals surface area contributed by atoms with E-state index in [9.17, 15) is 14.7 Å². The van der Waals surface area contributed by atoms with Gasteiger partial charge in [0.25, 0.3) is 0 Å². The van der Waals surface area contributed by atoms with Crippen molar-refractivity contribution in [1.82, 2.24) is 24.9 Å². The van der Waals surface area contributed by atoms with Crippen LogP contribution in [0.25, 0.3) is 11.4 Å². The van der Waals surface area contributed by atoms with E-state index in [-0.39, 0.29) is 30.3 Å². The van der Waals surface area contributed by atoms with Crippen LogP contribution in [0.15, 0.2) is 12.1 Å². The van der Waals surface area contributed by atoms with Gasteiger partial charge < -0.3 is 19.5 Å². The molecule has 34 heavy (non-hydrogen) atoms. The van der Waals surface area contributed by atoms with Crippen LogP contribution in [-0.2, 0) is 23.2 Å². The maximum absolute atomic E-state index is 12.6. The Hall–Kier alpha value is -3.17. The number of ether oxygens (including phenoxy) is 2. The summed E-state index contributed by atoms with van der Waals surface area (Å²) in [5, 5.41) is 17.7. The minimum absolute atomic E-state index is 0.0411. The molecule has 0 aromatic carbocycles. The van der Waals surface area contributed by atoms with Crippen LogP contribution in [0.4, 0.5) is 4.79 Å². The Morgan fingerprint density at radius 2 is 2.06 bits per heavy atom. The first kappa shape index (κ1) is 24.0. The first-order valence-electron chi connectivity index (χ1n) is 11.9. The molecule has 2 saturated carbocycles. The maximum atomic E-state index is 12.6. The van der Waals surface area contributed by atoms with Gasteiger partial charge in [-0.05, 0) is 64.0 Å². The molecule has 4 rings (SSSR count). The van der Waals surface area contributed by atoms with Crippen LogP contribution >= 0.6 is 0 Å². The SMILES string of the molecule is CCC1(N(C)C(=O)OCc2c(-c3ccc(O[C@H]4CCC[C@H](C(=O)O)C4)c(C)n3)nnn2C)CC1. The van der Waals surface area contributed by atoms with E-state index in [0.717, 1.165) is 32.1 Å². The van der Waals surface area contributed by atoms with Gasteiger partial charge in [0.2, 0.25) is 0 Å². The number of carbonyl (C=O) groups excluding carboxylic acids is 1. The molecule has 0 saturated heterocycles. The molecule has 1 N–H and O–H groups in total. The summed E-state index contributed by atoms with van der Waals surface area (Å²) in [6, 6.07) is 3.63. The predicted octanol–water partition coefficient (Wildman–Crippen LogP) is 3.72. The zero-order chi connectivity index (χ0) is 24.5. The van der Waals surface area contributed by atoms with E-state index in [1.54, 1.807) is 29.7 Å². The highest BCUT2D eigenvalue weighted by molar-refractivity contribution is 5.70. The number of rotatable bonds is 8. The third-order valence-electron chi connectivity index (χ3n) is 7.29. The van der Waals surface area contributed by atoms with Crippen LogP contribution in [0, 0.1) is 12.8 Å². The number of amides is 1. The minimum Gasteiger partial charge on any atom is -0.489 e. The number of aliphatic carboxylic acids is 1. The zero-order valence-electron chi connectivity index (χ0n) is 20.3. The Labute approximate surface area is 199 Å². The molecule has 184 valence electrons. The summed E-state index contributed by atoms with van der Waals surface area (Å²) in [7, 11) is 3.54. The number of carboxylic acids is 1. The second-order valence-electron chi connectivity index (χ2n) is 9.42. The Kier molecular flexibility index (Phi) is 6.77. The molecule has 2 heterocycles. The van der Waals surface area contributed by atoms with Gasteiger partial charge in [-0.25, -0.2) is 14.5 Å². The monoisotopic (exact) mass is 471 g/mol. The molecule has 0 spiro atoms. The highest BCUT2D eigenvalue weighted by Gasteiger charge is 2.47. The van der Waals surface area contributed by atoms with Crippen molar-refractivity contribution in [2.75, 3.05) is 7.05 Å². The quantitative estimate of drug-likeness (QED) is 0.619. The van der Waals surface area contributed by atoms with Crippen LogP contribution in [0.1, 0.15) is 63.3 Å². The fourth-order valence-corrected chi connectivity index (χ4v) is 4.69. The minimum atomic E-state index is -0.762. The normalized spacial score (nSPS) is 21.1. The van der Waals surface area contributed by atoms with Crippen molar-refractivity contribution < 1.29 is 24.2 Å². The summed E-state index contributed by atoms with van der Waals surface area (Å²) in [4.78, 5) is 30.3. The van der Waals surface area contributed by atoms with E-state index in [0.29, 0.717) is 41.4 Å². The highest BCUT2D eigenvalue weighted by atomic mass is 16.6. The van der Waals surface area contributed by atoms with Crippen molar-refractivity contribution in [2.45, 2.75) is 77.0 Å². The van der Waals surface area contributed by atoms with Gasteiger partial charge in [-0.2, -0.15) is 0 Å². The lowest BCUT2D eigenvalue weighted by Crippen LogP contribution is -2.38. The van der Waals surface area contributed by atoms with Crippen LogP contribution in [0.5, 0.6) is 5.75 Å². The summed E-state index contributed by atoms with van der Waals surface area (Å²) >= 11 is 0. The van der Waals surface area contributed by atoms with Crippen LogP contribution < -0.4 is 4.74 Å². The number of nitrogens with zero attached hydrogens (tertiary/aromatic N) is 5. The van der Waals surface area contributed by atoms with Gasteiger partial charge in [-0.3, -0.25) is 4.79 Å². The summed E-state index contributed by atoms with van der Waals surface area (Å²) in [5.41, 5.74) is 2.42. The molecule has 0 bridgehead atoms. The van der Waals surface area contributed by atoms with Gasteiger partial charge in [-0.15, -0.1) is 5.10 Å². The van der Waals surface area contributed by atoms with Crippen molar-refractivity contribution in [3.05, 3.63) is 23.5 Å². The second-order valence-corrected chi connectivity index (χ2v) is 9.42. The summed E-state index contributed by atoms with van der Waals surface area (Å²) in [6.45, 7) is 3.97. The molecular weight excluding hydrogens is 438 g/mol. The van der Waals surface area contributed by atoms with Gasteiger partial charge in [-0.1, -0.05) is 12.1 Å². The van der Waals surface area contributed by atoms with Gasteiger partial charge in [0.05, 0.1) is 23.4 Å². The molecule has 10 nitrogen and oxygen atoms in total. The Morgan fingerprint density at radius 3 is 2.71 bits per heavy atom. The summed E-state index contributed by atoms with van der Waals surface area (Å²) in [5.74, 6) is -0.488. The molecule has 2 aliphatic carbocycles. The second kappa shape index (κ2) is 9.60. The van der Waals surface area contributed by atoms with Gasteiger partial charge in [0.1, 0.15) is 23.7 Å². The molecule has 2 fully saturated rings. The summed E-state index contributed by atoms with van der Waals surface area (Å²) in [6.07, 6.45) is 5.29. The smallest absolute Gasteiger partial charge is 0.410 e. The number of hydrogen-bond acceptors (Lipinski definition) is 7. The molecule has 0 unspecified atom stereocenters. The van der Waals surface area contributed by atoms with Gasteiger partial charge in [0, 0.05) is 19.6 Å². The topological polar surface area (TPSA) is 120 Å². The molecule has 10 heteroatoms. The van der Waals surface area contributed by atoms with E-state index < -0.39 is 5.97 Å².